The van der Waals surface area contributed by atoms with Gasteiger partial charge in [0.15, 0.2) is 10.1 Å². The van der Waals surface area contributed by atoms with E-state index in [4.69, 9.17) is 9.52 Å². The van der Waals surface area contributed by atoms with E-state index in [9.17, 15) is 9.59 Å². The summed E-state index contributed by atoms with van der Waals surface area (Å²) < 4.78 is 5.80. The summed E-state index contributed by atoms with van der Waals surface area (Å²) >= 11 is 2.16. The van der Waals surface area contributed by atoms with Crippen LogP contribution in [0.2, 0.25) is 0 Å². The van der Waals surface area contributed by atoms with Crippen LogP contribution in [0.4, 0.5) is 5.13 Å². The lowest BCUT2D eigenvalue weighted by atomic mass is 10.3. The Morgan fingerprint density at radius 2 is 2.25 bits per heavy atom. The highest BCUT2D eigenvalue weighted by Gasteiger charge is 2.14. The van der Waals surface area contributed by atoms with E-state index in [2.05, 4.69) is 15.5 Å². The lowest BCUT2D eigenvalue weighted by molar-refractivity contribution is -0.133. The van der Waals surface area contributed by atoms with Gasteiger partial charge in [-0.25, -0.2) is 0 Å². The molecule has 0 spiro atoms. The van der Waals surface area contributed by atoms with Crippen LogP contribution in [0.25, 0.3) is 0 Å². The van der Waals surface area contributed by atoms with Crippen molar-refractivity contribution in [3.8, 4) is 0 Å². The molecule has 0 bridgehead atoms. The van der Waals surface area contributed by atoms with Crippen LogP contribution in [-0.2, 0) is 11.2 Å². The van der Waals surface area contributed by atoms with Gasteiger partial charge in [-0.05, 0) is 12.1 Å². The van der Waals surface area contributed by atoms with Crippen LogP contribution in [0.3, 0.4) is 0 Å². The van der Waals surface area contributed by atoms with E-state index in [1.54, 1.807) is 12.1 Å². The Hall–Kier alpha value is -1.87. The molecule has 2 aromatic rings. The second-order valence-corrected chi connectivity index (χ2v) is 5.83. The number of nitrogens with one attached hydrogen (secondary N) is 1. The first-order valence-corrected chi connectivity index (χ1v) is 7.47. The number of furan rings is 1. The number of nitrogens with zero attached hydrogens (tertiary/aromatic N) is 2. The lowest BCUT2D eigenvalue weighted by Crippen LogP contribution is -2.10. The molecule has 0 aliphatic carbocycles. The molecule has 2 N–H and O–H groups in total. The van der Waals surface area contributed by atoms with Gasteiger partial charge in [0.25, 0.3) is 5.91 Å². The molecule has 2 heterocycles. The van der Waals surface area contributed by atoms with E-state index in [0.717, 1.165) is 28.9 Å². The SMILES string of the molecule is CCc1ccc(C(=O)Nc2nnc(SCC(=O)O)s2)o1. The highest BCUT2D eigenvalue weighted by Crippen LogP contribution is 2.25. The second kappa shape index (κ2) is 6.53. The van der Waals surface area contributed by atoms with Gasteiger partial charge >= 0.3 is 5.97 Å². The van der Waals surface area contributed by atoms with E-state index in [-0.39, 0.29) is 11.5 Å². The molecule has 0 saturated heterocycles. The third-order valence-electron chi connectivity index (χ3n) is 2.18. The molecule has 20 heavy (non-hydrogen) atoms. The Bertz CT molecular complexity index is 623. The van der Waals surface area contributed by atoms with Gasteiger partial charge in [-0.3, -0.25) is 14.9 Å². The topological polar surface area (TPSA) is 105 Å². The molecule has 2 rings (SSSR count). The maximum atomic E-state index is 11.9. The molecule has 0 unspecified atom stereocenters. The van der Waals surface area contributed by atoms with E-state index in [1.165, 1.54) is 0 Å². The monoisotopic (exact) mass is 313 g/mol. The minimum absolute atomic E-state index is 0.0966. The summed E-state index contributed by atoms with van der Waals surface area (Å²) in [6.07, 6.45) is 0.710. The third-order valence-corrected chi connectivity index (χ3v) is 4.14. The van der Waals surface area contributed by atoms with Crippen LogP contribution in [0.15, 0.2) is 20.9 Å². The van der Waals surface area contributed by atoms with Crippen molar-refractivity contribution in [2.45, 2.75) is 17.7 Å². The molecule has 2 aromatic heterocycles. The third kappa shape index (κ3) is 3.81. The second-order valence-electron chi connectivity index (χ2n) is 3.63. The zero-order valence-corrected chi connectivity index (χ0v) is 12.1. The van der Waals surface area contributed by atoms with Gasteiger partial charge in [0, 0.05) is 6.42 Å². The van der Waals surface area contributed by atoms with Crippen LogP contribution < -0.4 is 5.32 Å². The van der Waals surface area contributed by atoms with Gasteiger partial charge in [-0.2, -0.15) is 0 Å². The van der Waals surface area contributed by atoms with Gasteiger partial charge in [0.2, 0.25) is 5.13 Å². The predicted octanol–water partition coefficient (Wildman–Crippen LogP) is 2.12. The molecule has 7 nitrogen and oxygen atoms in total. The molecule has 106 valence electrons. The molecule has 0 radical (unpaired) electrons. The van der Waals surface area contributed by atoms with Gasteiger partial charge in [-0.15, -0.1) is 10.2 Å². The number of hydrogen-bond donors (Lipinski definition) is 2. The minimum Gasteiger partial charge on any atom is -0.481 e. The average Bonchev–Trinajstić information content (AvgIpc) is 3.05. The fraction of sp³-hybridized carbons (Fsp3) is 0.273. The van der Waals surface area contributed by atoms with Crippen molar-refractivity contribution >= 4 is 40.1 Å². The van der Waals surface area contributed by atoms with Crippen LogP contribution in [0.5, 0.6) is 0 Å². The van der Waals surface area contributed by atoms with Crippen molar-refractivity contribution in [1.29, 1.82) is 0 Å². The summed E-state index contributed by atoms with van der Waals surface area (Å²) in [5.74, 6) is -0.503. The number of carbonyl (C=O) groups excluding carboxylic acids is 1. The number of anilines is 1. The van der Waals surface area contributed by atoms with Crippen molar-refractivity contribution in [2.75, 3.05) is 11.1 Å². The molecule has 0 fully saturated rings. The summed E-state index contributed by atoms with van der Waals surface area (Å²) in [6, 6.07) is 3.33. The van der Waals surface area contributed by atoms with Crippen molar-refractivity contribution < 1.29 is 19.1 Å². The Labute approximate surface area is 122 Å². The fourth-order valence-corrected chi connectivity index (χ4v) is 2.76. The number of carbonyl (C=O) groups is 2. The summed E-state index contributed by atoms with van der Waals surface area (Å²) in [5.41, 5.74) is 0. The van der Waals surface area contributed by atoms with E-state index in [1.807, 2.05) is 6.92 Å². The van der Waals surface area contributed by atoms with Crippen molar-refractivity contribution in [2.24, 2.45) is 0 Å². The zero-order valence-electron chi connectivity index (χ0n) is 10.5. The number of thioether (sulfide) groups is 1. The number of amides is 1. The van der Waals surface area contributed by atoms with E-state index >= 15 is 0 Å². The first-order chi connectivity index (χ1) is 9.58. The molecule has 1 amide bonds. The first-order valence-electron chi connectivity index (χ1n) is 5.66. The number of aryl methyl sites for hydroxylation is 1. The molecule has 0 atom stereocenters. The van der Waals surface area contributed by atoms with Gasteiger partial charge in [0.1, 0.15) is 5.76 Å². The number of aliphatic carboxylic acids is 1. The summed E-state index contributed by atoms with van der Waals surface area (Å²) in [5, 5.41) is 19.0. The summed E-state index contributed by atoms with van der Waals surface area (Å²) in [4.78, 5) is 22.3. The molecule has 0 aromatic carbocycles. The zero-order chi connectivity index (χ0) is 14.5. The standard InChI is InChI=1S/C11H11N3O4S2/c1-2-6-3-4-7(18-6)9(17)12-10-13-14-11(20-10)19-5-8(15)16/h3-4H,2,5H2,1H3,(H,15,16)(H,12,13,17). The Kier molecular flexibility index (Phi) is 4.74. The van der Waals surface area contributed by atoms with Crippen LogP contribution >= 0.6 is 23.1 Å². The van der Waals surface area contributed by atoms with Crippen LogP contribution in [-0.4, -0.2) is 32.9 Å². The Balaban J connectivity index is 1.95. The van der Waals surface area contributed by atoms with E-state index in [0.29, 0.717) is 15.9 Å². The number of rotatable bonds is 6. The van der Waals surface area contributed by atoms with E-state index < -0.39 is 11.9 Å². The number of carboxylic acid groups (broad SMARTS) is 1. The molecule has 0 saturated carbocycles. The van der Waals surface area contributed by atoms with Gasteiger partial charge in [-0.1, -0.05) is 30.0 Å². The quantitative estimate of drug-likeness (QED) is 0.621. The molecular formula is C11H11N3O4S2. The average molecular weight is 313 g/mol. The normalized spacial score (nSPS) is 10.4. The molecule has 0 aliphatic heterocycles. The largest absolute Gasteiger partial charge is 0.481 e. The number of carboxylic acids is 1. The van der Waals surface area contributed by atoms with Crippen molar-refractivity contribution in [3.05, 3.63) is 23.7 Å². The fourth-order valence-electron chi connectivity index (χ4n) is 1.29. The minimum atomic E-state index is -0.932. The smallest absolute Gasteiger partial charge is 0.313 e. The number of hydrogen-bond acceptors (Lipinski definition) is 7. The van der Waals surface area contributed by atoms with Crippen LogP contribution in [0.1, 0.15) is 23.2 Å². The lowest BCUT2D eigenvalue weighted by Gasteiger charge is -1.96. The Morgan fingerprint density at radius 1 is 1.45 bits per heavy atom. The van der Waals surface area contributed by atoms with Crippen molar-refractivity contribution in [1.82, 2.24) is 10.2 Å². The molecular weight excluding hydrogens is 302 g/mol. The highest BCUT2D eigenvalue weighted by atomic mass is 32.2. The van der Waals surface area contributed by atoms with Crippen LogP contribution in [0, 0.1) is 0 Å². The number of aromatic nitrogens is 2. The van der Waals surface area contributed by atoms with Gasteiger partial charge < -0.3 is 9.52 Å². The molecule has 0 aliphatic rings. The first kappa shape index (κ1) is 14.5. The maximum absolute atomic E-state index is 11.9. The Morgan fingerprint density at radius 3 is 2.90 bits per heavy atom. The van der Waals surface area contributed by atoms with Gasteiger partial charge in [0.05, 0.1) is 5.75 Å². The highest BCUT2D eigenvalue weighted by molar-refractivity contribution is 8.01. The summed E-state index contributed by atoms with van der Waals surface area (Å²) in [6.45, 7) is 1.93. The predicted molar refractivity (Wildman–Crippen MR) is 74.3 cm³/mol. The maximum Gasteiger partial charge on any atom is 0.313 e. The molecule has 9 heteroatoms. The summed E-state index contributed by atoms with van der Waals surface area (Å²) in [7, 11) is 0. The van der Waals surface area contributed by atoms with Crippen molar-refractivity contribution in [3.63, 3.8) is 0 Å².